The fourth-order valence-corrected chi connectivity index (χ4v) is 3.34. The highest BCUT2D eigenvalue weighted by atomic mass is 32.2. The lowest BCUT2D eigenvalue weighted by Crippen LogP contribution is -2.25. The Morgan fingerprint density at radius 2 is 2.00 bits per heavy atom. The SMILES string of the molecule is NC(=O)COc1ccc(C(=O)NCCSCc2ccsc2)cc1. The molecule has 0 aliphatic heterocycles. The number of rotatable bonds is 9. The van der Waals surface area contributed by atoms with Gasteiger partial charge < -0.3 is 15.8 Å². The van der Waals surface area contributed by atoms with Gasteiger partial charge in [0.05, 0.1) is 0 Å². The van der Waals surface area contributed by atoms with E-state index in [1.807, 2.05) is 0 Å². The number of ether oxygens (including phenoxy) is 1. The van der Waals surface area contributed by atoms with Gasteiger partial charge in [0, 0.05) is 23.6 Å². The van der Waals surface area contributed by atoms with Crippen LogP contribution < -0.4 is 15.8 Å². The molecule has 0 spiro atoms. The Hall–Kier alpha value is -1.99. The van der Waals surface area contributed by atoms with Gasteiger partial charge in [0.15, 0.2) is 6.61 Å². The molecule has 0 radical (unpaired) electrons. The fraction of sp³-hybridized carbons (Fsp3) is 0.250. The second-order valence-corrected chi connectivity index (χ2v) is 6.60. The first-order valence-electron chi connectivity index (χ1n) is 7.03. The van der Waals surface area contributed by atoms with Crippen molar-refractivity contribution >= 4 is 34.9 Å². The van der Waals surface area contributed by atoms with Crippen LogP contribution in [-0.4, -0.2) is 30.7 Å². The van der Waals surface area contributed by atoms with Crippen LogP contribution in [0.4, 0.5) is 0 Å². The highest BCUT2D eigenvalue weighted by Crippen LogP contribution is 2.14. The van der Waals surface area contributed by atoms with Crippen LogP contribution in [0, 0.1) is 0 Å². The van der Waals surface area contributed by atoms with Crippen molar-refractivity contribution in [2.75, 3.05) is 18.9 Å². The monoisotopic (exact) mass is 350 g/mol. The number of thioether (sulfide) groups is 1. The van der Waals surface area contributed by atoms with Crippen LogP contribution in [0.5, 0.6) is 5.75 Å². The molecule has 1 heterocycles. The molecule has 3 N–H and O–H groups in total. The minimum absolute atomic E-state index is 0.123. The first kappa shape index (κ1) is 17.4. The van der Waals surface area contributed by atoms with Crippen molar-refractivity contribution in [1.82, 2.24) is 5.32 Å². The van der Waals surface area contributed by atoms with Gasteiger partial charge in [-0.2, -0.15) is 23.1 Å². The molecule has 23 heavy (non-hydrogen) atoms. The van der Waals surface area contributed by atoms with E-state index in [9.17, 15) is 9.59 Å². The van der Waals surface area contributed by atoms with Crippen molar-refractivity contribution in [2.24, 2.45) is 5.73 Å². The molecular formula is C16H18N2O3S2. The third kappa shape index (κ3) is 6.33. The number of benzene rings is 1. The Morgan fingerprint density at radius 1 is 1.22 bits per heavy atom. The first-order chi connectivity index (χ1) is 11.1. The van der Waals surface area contributed by atoms with E-state index in [4.69, 9.17) is 10.5 Å². The molecule has 1 aromatic heterocycles. The molecule has 0 bridgehead atoms. The second kappa shape index (κ2) is 9.22. The molecule has 2 aromatic rings. The molecule has 5 nitrogen and oxygen atoms in total. The summed E-state index contributed by atoms with van der Waals surface area (Å²) in [6.45, 7) is 0.445. The van der Waals surface area contributed by atoms with E-state index in [1.165, 1.54) is 5.56 Å². The lowest BCUT2D eigenvalue weighted by Gasteiger charge is -2.07. The zero-order valence-electron chi connectivity index (χ0n) is 12.5. The van der Waals surface area contributed by atoms with Gasteiger partial charge in [0.1, 0.15) is 5.75 Å². The van der Waals surface area contributed by atoms with Crippen molar-refractivity contribution in [1.29, 1.82) is 0 Å². The van der Waals surface area contributed by atoms with Gasteiger partial charge in [0.2, 0.25) is 0 Å². The van der Waals surface area contributed by atoms with Gasteiger partial charge in [-0.25, -0.2) is 0 Å². The second-order valence-electron chi connectivity index (χ2n) is 4.72. The summed E-state index contributed by atoms with van der Waals surface area (Å²) in [5.74, 6) is 1.67. The number of thiophene rings is 1. The van der Waals surface area contributed by atoms with E-state index >= 15 is 0 Å². The van der Waals surface area contributed by atoms with Crippen molar-refractivity contribution in [2.45, 2.75) is 5.75 Å². The summed E-state index contributed by atoms with van der Waals surface area (Å²) in [7, 11) is 0. The predicted octanol–water partition coefficient (Wildman–Crippen LogP) is 2.28. The van der Waals surface area contributed by atoms with Crippen LogP contribution in [0.25, 0.3) is 0 Å². The van der Waals surface area contributed by atoms with Crippen LogP contribution in [0.3, 0.4) is 0 Å². The topological polar surface area (TPSA) is 81.4 Å². The summed E-state index contributed by atoms with van der Waals surface area (Å²) in [6.07, 6.45) is 0. The zero-order valence-corrected chi connectivity index (χ0v) is 14.1. The highest BCUT2D eigenvalue weighted by Gasteiger charge is 2.05. The summed E-state index contributed by atoms with van der Waals surface area (Å²) < 4.78 is 5.14. The maximum absolute atomic E-state index is 12.0. The van der Waals surface area contributed by atoms with Gasteiger partial charge in [0.25, 0.3) is 11.8 Å². The Kier molecular flexibility index (Phi) is 6.96. The van der Waals surface area contributed by atoms with Gasteiger partial charge in [-0.1, -0.05) is 0 Å². The molecule has 7 heteroatoms. The maximum atomic E-state index is 12.0. The third-order valence-corrected chi connectivity index (χ3v) is 4.64. The van der Waals surface area contributed by atoms with Crippen LogP contribution in [0.1, 0.15) is 15.9 Å². The van der Waals surface area contributed by atoms with Crippen LogP contribution >= 0.6 is 23.1 Å². The predicted molar refractivity (Wildman–Crippen MR) is 93.9 cm³/mol. The highest BCUT2D eigenvalue weighted by molar-refractivity contribution is 7.98. The van der Waals surface area contributed by atoms with E-state index in [0.717, 1.165) is 11.5 Å². The molecule has 122 valence electrons. The molecule has 0 aliphatic carbocycles. The minimum Gasteiger partial charge on any atom is -0.484 e. The number of nitrogens with two attached hydrogens (primary N) is 1. The molecule has 0 saturated carbocycles. The lowest BCUT2D eigenvalue weighted by molar-refractivity contribution is -0.119. The van der Waals surface area contributed by atoms with Crippen molar-refractivity contribution < 1.29 is 14.3 Å². The lowest BCUT2D eigenvalue weighted by atomic mass is 10.2. The molecule has 1 aromatic carbocycles. The van der Waals surface area contributed by atoms with Crippen LogP contribution in [-0.2, 0) is 10.5 Å². The van der Waals surface area contributed by atoms with E-state index in [-0.39, 0.29) is 12.5 Å². The van der Waals surface area contributed by atoms with E-state index in [1.54, 1.807) is 47.4 Å². The van der Waals surface area contributed by atoms with E-state index in [2.05, 4.69) is 22.1 Å². The fourth-order valence-electron chi connectivity index (χ4n) is 1.76. The third-order valence-electron chi connectivity index (χ3n) is 2.88. The Bertz CT molecular complexity index is 627. The molecule has 0 saturated heterocycles. The average molecular weight is 350 g/mol. The number of hydrogen-bond acceptors (Lipinski definition) is 5. The van der Waals surface area contributed by atoms with E-state index in [0.29, 0.717) is 17.9 Å². The molecule has 0 fully saturated rings. The molecule has 2 amide bonds. The molecule has 0 unspecified atom stereocenters. The van der Waals surface area contributed by atoms with Crippen molar-refractivity contribution in [3.8, 4) is 5.75 Å². The quantitative estimate of drug-likeness (QED) is 0.680. The summed E-state index contributed by atoms with van der Waals surface area (Å²) >= 11 is 3.48. The van der Waals surface area contributed by atoms with Gasteiger partial charge >= 0.3 is 0 Å². The van der Waals surface area contributed by atoms with Crippen LogP contribution in [0.15, 0.2) is 41.1 Å². The molecular weight excluding hydrogens is 332 g/mol. The maximum Gasteiger partial charge on any atom is 0.255 e. The molecule has 0 aliphatic rings. The van der Waals surface area contributed by atoms with Gasteiger partial charge in [-0.05, 0) is 46.7 Å². The summed E-state index contributed by atoms with van der Waals surface area (Å²) in [6, 6.07) is 8.71. The molecule has 2 rings (SSSR count). The zero-order chi connectivity index (χ0) is 16.5. The first-order valence-corrected chi connectivity index (χ1v) is 9.13. The number of nitrogens with one attached hydrogen (secondary N) is 1. The molecule has 0 atom stereocenters. The summed E-state index contributed by atoms with van der Waals surface area (Å²) in [4.78, 5) is 22.6. The smallest absolute Gasteiger partial charge is 0.255 e. The van der Waals surface area contributed by atoms with Gasteiger partial charge in [-0.15, -0.1) is 0 Å². The Morgan fingerprint density at radius 3 is 2.65 bits per heavy atom. The largest absolute Gasteiger partial charge is 0.484 e. The number of amides is 2. The van der Waals surface area contributed by atoms with Crippen molar-refractivity contribution in [3.05, 3.63) is 52.2 Å². The Labute approximate surface area is 143 Å². The van der Waals surface area contributed by atoms with E-state index < -0.39 is 5.91 Å². The number of carbonyl (C=O) groups excluding carboxylic acids is 2. The summed E-state index contributed by atoms with van der Waals surface area (Å²) in [5, 5.41) is 7.07. The van der Waals surface area contributed by atoms with Gasteiger partial charge in [-0.3, -0.25) is 9.59 Å². The average Bonchev–Trinajstić information content (AvgIpc) is 3.06. The number of primary amides is 1. The Balaban J connectivity index is 1.67. The number of hydrogen-bond donors (Lipinski definition) is 2. The van der Waals surface area contributed by atoms with Crippen molar-refractivity contribution in [3.63, 3.8) is 0 Å². The summed E-state index contributed by atoms with van der Waals surface area (Å²) in [5.41, 5.74) is 6.87. The van der Waals surface area contributed by atoms with Crippen LogP contribution in [0.2, 0.25) is 0 Å². The normalized spacial score (nSPS) is 10.3. The standard InChI is InChI=1S/C16H18N2O3S2/c17-15(19)9-21-14-3-1-13(2-4-14)16(20)18-6-8-23-11-12-5-7-22-10-12/h1-5,7,10H,6,8-9,11H2,(H2,17,19)(H,18,20). The number of carbonyl (C=O) groups is 2. The minimum atomic E-state index is -0.535.